The van der Waals surface area contributed by atoms with Gasteiger partial charge >= 0.3 is 6.09 Å². The van der Waals surface area contributed by atoms with Gasteiger partial charge in [0.2, 0.25) is 0 Å². The standard InChI is InChI=1S/C10H11BrN2O2S/c1-10(2,3)15-9(14)13-8-6(5-12)4-7(11)16-8/h4H,1-3H3,(H,13,14). The molecule has 0 saturated heterocycles. The molecule has 0 aliphatic heterocycles. The molecule has 0 aliphatic rings. The molecular weight excluding hydrogens is 292 g/mol. The van der Waals surface area contributed by atoms with Crippen LogP contribution in [-0.4, -0.2) is 11.7 Å². The fourth-order valence-electron chi connectivity index (χ4n) is 0.933. The van der Waals surface area contributed by atoms with Gasteiger partial charge in [-0.25, -0.2) is 4.79 Å². The van der Waals surface area contributed by atoms with Crippen molar-refractivity contribution in [3.8, 4) is 6.07 Å². The highest BCUT2D eigenvalue weighted by atomic mass is 79.9. The first-order valence-electron chi connectivity index (χ1n) is 4.51. The largest absolute Gasteiger partial charge is 0.444 e. The Hall–Kier alpha value is -1.06. The summed E-state index contributed by atoms with van der Waals surface area (Å²) in [6.07, 6.45) is -0.557. The monoisotopic (exact) mass is 302 g/mol. The van der Waals surface area contributed by atoms with Crippen LogP contribution in [-0.2, 0) is 4.74 Å². The van der Waals surface area contributed by atoms with E-state index in [2.05, 4.69) is 21.2 Å². The summed E-state index contributed by atoms with van der Waals surface area (Å²) >= 11 is 4.53. The van der Waals surface area contributed by atoms with Gasteiger partial charge in [-0.05, 0) is 42.8 Å². The number of hydrogen-bond donors (Lipinski definition) is 1. The van der Waals surface area contributed by atoms with Crippen molar-refractivity contribution in [2.45, 2.75) is 26.4 Å². The molecule has 0 spiro atoms. The van der Waals surface area contributed by atoms with Crippen LogP contribution in [0.3, 0.4) is 0 Å². The second-order valence-electron chi connectivity index (χ2n) is 4.03. The van der Waals surface area contributed by atoms with Crippen LogP contribution in [0.5, 0.6) is 0 Å². The van der Waals surface area contributed by atoms with Crippen LogP contribution in [0.2, 0.25) is 0 Å². The number of anilines is 1. The molecule has 1 rings (SSSR count). The average Bonchev–Trinajstić information content (AvgIpc) is 2.42. The smallest absolute Gasteiger partial charge is 0.412 e. The molecule has 0 unspecified atom stereocenters. The molecule has 1 heterocycles. The van der Waals surface area contributed by atoms with E-state index in [-0.39, 0.29) is 0 Å². The van der Waals surface area contributed by atoms with E-state index in [0.29, 0.717) is 10.6 Å². The van der Waals surface area contributed by atoms with E-state index in [1.165, 1.54) is 11.3 Å². The summed E-state index contributed by atoms with van der Waals surface area (Å²) in [5, 5.41) is 11.9. The van der Waals surface area contributed by atoms with E-state index in [0.717, 1.165) is 3.79 Å². The first-order valence-corrected chi connectivity index (χ1v) is 6.12. The Kier molecular flexibility index (Phi) is 3.94. The number of nitrogens with zero attached hydrogens (tertiary/aromatic N) is 1. The third kappa shape index (κ3) is 3.83. The van der Waals surface area contributed by atoms with Crippen molar-refractivity contribution in [3.05, 3.63) is 15.4 Å². The zero-order chi connectivity index (χ0) is 12.3. The van der Waals surface area contributed by atoms with E-state index in [9.17, 15) is 4.79 Å². The summed E-state index contributed by atoms with van der Waals surface area (Å²) in [6, 6.07) is 3.64. The lowest BCUT2D eigenvalue weighted by Gasteiger charge is -2.19. The number of carbonyl (C=O) groups excluding carboxylic acids is 1. The molecule has 0 aliphatic carbocycles. The van der Waals surface area contributed by atoms with Gasteiger partial charge < -0.3 is 4.74 Å². The van der Waals surface area contributed by atoms with E-state index in [1.54, 1.807) is 26.8 Å². The van der Waals surface area contributed by atoms with E-state index >= 15 is 0 Å². The van der Waals surface area contributed by atoms with Crippen molar-refractivity contribution in [1.82, 2.24) is 0 Å². The fraction of sp³-hybridized carbons (Fsp3) is 0.400. The van der Waals surface area contributed by atoms with Crippen LogP contribution in [0, 0.1) is 11.3 Å². The van der Waals surface area contributed by atoms with Gasteiger partial charge in [0.25, 0.3) is 0 Å². The highest BCUT2D eigenvalue weighted by molar-refractivity contribution is 9.11. The Labute approximate surface area is 106 Å². The van der Waals surface area contributed by atoms with Crippen LogP contribution < -0.4 is 5.32 Å². The molecule has 0 fully saturated rings. The fourth-order valence-corrected chi connectivity index (χ4v) is 2.37. The van der Waals surface area contributed by atoms with Gasteiger partial charge in [0, 0.05) is 0 Å². The number of thiophene rings is 1. The number of nitrogens with one attached hydrogen (secondary N) is 1. The summed E-state index contributed by atoms with van der Waals surface area (Å²) < 4.78 is 5.87. The Bertz CT molecular complexity index is 443. The van der Waals surface area contributed by atoms with Gasteiger partial charge in [-0.1, -0.05) is 0 Å². The molecule has 4 nitrogen and oxygen atoms in total. The molecule has 0 saturated carbocycles. The number of halogens is 1. The molecule has 16 heavy (non-hydrogen) atoms. The van der Waals surface area contributed by atoms with Crippen molar-refractivity contribution in [1.29, 1.82) is 5.26 Å². The lowest BCUT2D eigenvalue weighted by molar-refractivity contribution is 0.0636. The molecule has 1 aromatic heterocycles. The number of ether oxygens (including phenoxy) is 1. The summed E-state index contributed by atoms with van der Waals surface area (Å²) in [5.74, 6) is 0. The predicted molar refractivity (Wildman–Crippen MR) is 66.6 cm³/mol. The molecule has 0 atom stereocenters. The molecule has 0 bridgehead atoms. The number of nitriles is 1. The highest BCUT2D eigenvalue weighted by Crippen LogP contribution is 2.31. The molecular formula is C10H11BrN2O2S. The molecule has 1 amide bonds. The van der Waals surface area contributed by atoms with E-state index in [4.69, 9.17) is 10.00 Å². The SMILES string of the molecule is CC(C)(C)OC(=O)Nc1sc(Br)cc1C#N. The van der Waals surface area contributed by atoms with Crippen molar-refractivity contribution in [2.24, 2.45) is 0 Å². The second-order valence-corrected chi connectivity index (χ2v) is 6.46. The van der Waals surface area contributed by atoms with Crippen LogP contribution in [0.1, 0.15) is 26.3 Å². The van der Waals surface area contributed by atoms with Gasteiger partial charge in [-0.2, -0.15) is 5.26 Å². The highest BCUT2D eigenvalue weighted by Gasteiger charge is 2.18. The summed E-state index contributed by atoms with van der Waals surface area (Å²) in [5.41, 5.74) is -0.131. The third-order valence-corrected chi connectivity index (χ3v) is 2.99. The minimum atomic E-state index is -0.557. The molecule has 0 aromatic carbocycles. The minimum absolute atomic E-state index is 0.419. The Morgan fingerprint density at radius 3 is 2.75 bits per heavy atom. The Morgan fingerprint density at radius 1 is 1.62 bits per heavy atom. The molecule has 1 N–H and O–H groups in total. The average molecular weight is 303 g/mol. The number of rotatable bonds is 1. The van der Waals surface area contributed by atoms with Gasteiger partial charge in [0.15, 0.2) is 0 Å². The summed E-state index contributed by atoms with van der Waals surface area (Å²) in [4.78, 5) is 11.5. The summed E-state index contributed by atoms with van der Waals surface area (Å²) in [7, 11) is 0. The predicted octanol–water partition coefficient (Wildman–Crippen LogP) is 3.73. The first kappa shape index (κ1) is 13.0. The van der Waals surface area contributed by atoms with Crippen molar-refractivity contribution in [2.75, 3.05) is 5.32 Å². The normalized spacial score (nSPS) is 10.7. The maximum Gasteiger partial charge on any atom is 0.412 e. The minimum Gasteiger partial charge on any atom is -0.444 e. The van der Waals surface area contributed by atoms with Gasteiger partial charge in [0.05, 0.1) is 9.35 Å². The summed E-state index contributed by atoms with van der Waals surface area (Å²) in [6.45, 7) is 5.34. The van der Waals surface area contributed by atoms with Crippen molar-refractivity contribution < 1.29 is 9.53 Å². The topological polar surface area (TPSA) is 62.1 Å². The molecule has 0 radical (unpaired) electrons. The third-order valence-electron chi connectivity index (χ3n) is 1.44. The zero-order valence-corrected chi connectivity index (χ0v) is 11.5. The number of amides is 1. The maximum atomic E-state index is 11.5. The zero-order valence-electron chi connectivity index (χ0n) is 9.13. The quantitative estimate of drug-likeness (QED) is 0.860. The van der Waals surface area contributed by atoms with Crippen LogP contribution in [0.4, 0.5) is 9.80 Å². The first-order chi connectivity index (χ1) is 7.31. The molecule has 1 aromatic rings. The maximum absolute atomic E-state index is 11.5. The number of hydrogen-bond acceptors (Lipinski definition) is 4. The Balaban J connectivity index is 2.74. The van der Waals surface area contributed by atoms with Gasteiger partial charge in [-0.15, -0.1) is 11.3 Å². The lowest BCUT2D eigenvalue weighted by atomic mass is 10.2. The Morgan fingerprint density at radius 2 is 2.25 bits per heavy atom. The molecule has 6 heteroatoms. The van der Waals surface area contributed by atoms with E-state index in [1.807, 2.05) is 6.07 Å². The van der Waals surface area contributed by atoms with Crippen LogP contribution >= 0.6 is 27.3 Å². The van der Waals surface area contributed by atoms with Crippen LogP contribution in [0.25, 0.3) is 0 Å². The molecule has 86 valence electrons. The lowest BCUT2D eigenvalue weighted by Crippen LogP contribution is -2.27. The number of carbonyl (C=O) groups is 1. The van der Waals surface area contributed by atoms with Crippen molar-refractivity contribution >= 4 is 38.4 Å². The van der Waals surface area contributed by atoms with Gasteiger partial charge in [0.1, 0.15) is 16.7 Å². The van der Waals surface area contributed by atoms with E-state index < -0.39 is 11.7 Å². The van der Waals surface area contributed by atoms with Crippen LogP contribution in [0.15, 0.2) is 9.85 Å². The van der Waals surface area contributed by atoms with Gasteiger partial charge in [-0.3, -0.25) is 5.32 Å². The second kappa shape index (κ2) is 4.85. The van der Waals surface area contributed by atoms with Crippen molar-refractivity contribution in [3.63, 3.8) is 0 Å².